The van der Waals surface area contributed by atoms with Gasteiger partial charge in [-0.3, -0.25) is 4.79 Å². The fourth-order valence-electron chi connectivity index (χ4n) is 4.41. The molecule has 5 nitrogen and oxygen atoms in total. The Kier molecular flexibility index (Phi) is 4.86. The third kappa shape index (κ3) is 3.32. The number of halogens is 2. The lowest BCUT2D eigenvalue weighted by molar-refractivity contribution is 0.0713. The van der Waals surface area contributed by atoms with Crippen molar-refractivity contribution in [3.05, 3.63) is 59.4 Å². The minimum atomic E-state index is -0.263. The average molecular weight is 389 g/mol. The van der Waals surface area contributed by atoms with Crippen molar-refractivity contribution in [3.63, 3.8) is 0 Å². The highest BCUT2D eigenvalue weighted by atomic mass is 35.5. The molecule has 27 heavy (non-hydrogen) atoms. The van der Waals surface area contributed by atoms with Gasteiger partial charge in [0.2, 0.25) is 0 Å². The highest BCUT2D eigenvalue weighted by Crippen LogP contribution is 2.43. The molecule has 1 amide bonds. The van der Waals surface area contributed by atoms with Crippen LogP contribution in [0.1, 0.15) is 46.5 Å². The average Bonchev–Trinajstić information content (AvgIpc) is 3.30. The van der Waals surface area contributed by atoms with Gasteiger partial charge in [0, 0.05) is 43.9 Å². The maximum absolute atomic E-state index is 13.8. The molecule has 1 saturated carbocycles. The highest BCUT2D eigenvalue weighted by molar-refractivity contribution is 5.94. The lowest BCUT2D eigenvalue weighted by atomic mass is 9.89. The summed E-state index contributed by atoms with van der Waals surface area (Å²) in [7, 11) is 0. The van der Waals surface area contributed by atoms with Gasteiger partial charge in [-0.05, 0) is 36.5 Å². The number of hydrogen-bond donors (Lipinski definition) is 1. The first-order valence-electron chi connectivity index (χ1n) is 9.30. The first-order chi connectivity index (χ1) is 12.7. The minimum absolute atomic E-state index is 0. The molecule has 1 aliphatic carbocycles. The van der Waals surface area contributed by atoms with Crippen LogP contribution in [0.15, 0.2) is 36.7 Å². The predicted molar refractivity (Wildman–Crippen MR) is 101 cm³/mol. The number of amides is 1. The molecule has 2 saturated heterocycles. The maximum atomic E-state index is 13.8. The summed E-state index contributed by atoms with van der Waals surface area (Å²) >= 11 is 0. The van der Waals surface area contributed by atoms with E-state index in [4.69, 9.17) is 0 Å². The van der Waals surface area contributed by atoms with Gasteiger partial charge in [-0.1, -0.05) is 12.1 Å². The van der Waals surface area contributed by atoms with Gasteiger partial charge in [-0.25, -0.2) is 14.4 Å². The molecular formula is C20H22ClFN4O. The van der Waals surface area contributed by atoms with E-state index >= 15 is 0 Å². The summed E-state index contributed by atoms with van der Waals surface area (Å²) in [4.78, 5) is 23.8. The van der Waals surface area contributed by atoms with Crippen molar-refractivity contribution in [2.24, 2.45) is 11.8 Å². The zero-order valence-corrected chi connectivity index (χ0v) is 15.7. The predicted octanol–water partition coefficient (Wildman–Crippen LogP) is 2.95. The molecule has 0 spiro atoms. The topological polar surface area (TPSA) is 58.1 Å². The number of nitrogens with one attached hydrogen (secondary N) is 1. The number of hydrogen-bond acceptors (Lipinski definition) is 4. The van der Waals surface area contributed by atoms with E-state index in [0.29, 0.717) is 29.9 Å². The van der Waals surface area contributed by atoms with E-state index in [0.717, 1.165) is 37.3 Å². The van der Waals surface area contributed by atoms with Gasteiger partial charge in [-0.2, -0.15) is 0 Å². The second-order valence-corrected chi connectivity index (χ2v) is 7.64. The molecule has 1 N–H and O–H groups in total. The van der Waals surface area contributed by atoms with Crippen molar-refractivity contribution in [1.82, 2.24) is 20.2 Å². The number of carbonyl (C=O) groups excluding carboxylic acids is 1. The van der Waals surface area contributed by atoms with E-state index < -0.39 is 0 Å². The summed E-state index contributed by atoms with van der Waals surface area (Å²) in [6.45, 7) is 2.44. The maximum Gasteiger partial charge on any atom is 0.257 e. The Morgan fingerprint density at radius 2 is 1.96 bits per heavy atom. The number of rotatable bonds is 3. The molecule has 5 rings (SSSR count). The van der Waals surface area contributed by atoms with Crippen molar-refractivity contribution in [2.75, 3.05) is 19.6 Å². The van der Waals surface area contributed by atoms with Crippen LogP contribution in [0.5, 0.6) is 0 Å². The highest BCUT2D eigenvalue weighted by Gasteiger charge is 2.47. The summed E-state index contributed by atoms with van der Waals surface area (Å²) < 4.78 is 13.8. The fourth-order valence-corrected chi connectivity index (χ4v) is 4.41. The van der Waals surface area contributed by atoms with Crippen LogP contribution in [0.2, 0.25) is 0 Å². The Bertz CT molecular complexity index is 842. The third-order valence-corrected chi connectivity index (χ3v) is 5.88. The van der Waals surface area contributed by atoms with Crippen LogP contribution in [0, 0.1) is 17.7 Å². The Balaban J connectivity index is 0.00000180. The summed E-state index contributed by atoms with van der Waals surface area (Å²) in [5.41, 5.74) is 1.38. The van der Waals surface area contributed by atoms with Crippen molar-refractivity contribution >= 4 is 18.3 Å². The van der Waals surface area contributed by atoms with Crippen LogP contribution in [0.25, 0.3) is 0 Å². The first kappa shape index (κ1) is 18.3. The lowest BCUT2D eigenvalue weighted by Crippen LogP contribution is -2.35. The largest absolute Gasteiger partial charge is 0.331 e. The van der Waals surface area contributed by atoms with Crippen LogP contribution in [0.3, 0.4) is 0 Å². The summed E-state index contributed by atoms with van der Waals surface area (Å²) in [5.74, 6) is 1.70. The molecule has 2 aliphatic heterocycles. The second-order valence-electron chi connectivity index (χ2n) is 7.64. The third-order valence-electron chi connectivity index (χ3n) is 5.88. The number of nitrogens with zero attached hydrogens (tertiary/aromatic N) is 3. The lowest BCUT2D eigenvalue weighted by Gasteiger charge is -2.28. The Hall–Kier alpha value is -2.05. The van der Waals surface area contributed by atoms with Crippen molar-refractivity contribution < 1.29 is 9.18 Å². The van der Waals surface area contributed by atoms with E-state index in [1.807, 2.05) is 11.0 Å². The molecule has 3 aliphatic rings. The van der Waals surface area contributed by atoms with Gasteiger partial charge in [0.15, 0.2) is 0 Å². The van der Waals surface area contributed by atoms with Crippen LogP contribution >= 0.6 is 12.4 Å². The van der Waals surface area contributed by atoms with Crippen molar-refractivity contribution in [3.8, 4) is 0 Å². The first-order valence-corrected chi connectivity index (χ1v) is 9.30. The Labute approximate surface area is 163 Å². The number of likely N-dealkylation sites (tertiary alicyclic amines) is 1. The molecule has 0 bridgehead atoms. The van der Waals surface area contributed by atoms with Crippen LogP contribution in [-0.2, 0) is 0 Å². The molecule has 3 heterocycles. The molecule has 0 unspecified atom stereocenters. The standard InChI is InChI=1S/C20H21FN4O.ClH/c21-16-3-1-2-13(6-16)18-17-10-22-7-15(17)11-25(18)20(26)14-8-23-19(24-9-14)12-4-5-12;/h1-3,6,8-9,12,15,17-18,22H,4-5,7,10-11H2;1H/t15-,17-,18+;/m0./s1. The van der Waals surface area contributed by atoms with E-state index in [2.05, 4.69) is 15.3 Å². The Morgan fingerprint density at radius 1 is 1.19 bits per heavy atom. The molecular weight excluding hydrogens is 367 g/mol. The molecule has 2 aromatic rings. The second kappa shape index (κ2) is 7.17. The molecule has 1 aromatic heterocycles. The zero-order chi connectivity index (χ0) is 17.7. The van der Waals surface area contributed by atoms with Crippen molar-refractivity contribution in [1.29, 1.82) is 0 Å². The van der Waals surface area contributed by atoms with E-state index in [1.54, 1.807) is 24.5 Å². The molecule has 3 fully saturated rings. The van der Waals surface area contributed by atoms with Gasteiger partial charge < -0.3 is 10.2 Å². The van der Waals surface area contributed by atoms with Gasteiger partial charge in [0.05, 0.1) is 11.6 Å². The monoisotopic (exact) mass is 388 g/mol. The molecule has 0 radical (unpaired) electrons. The number of fused-ring (bicyclic) bond motifs is 1. The van der Waals surface area contributed by atoms with Gasteiger partial charge in [0.1, 0.15) is 11.6 Å². The van der Waals surface area contributed by atoms with E-state index in [9.17, 15) is 9.18 Å². The van der Waals surface area contributed by atoms with Gasteiger partial charge in [0.25, 0.3) is 5.91 Å². The number of aromatic nitrogens is 2. The van der Waals surface area contributed by atoms with Crippen molar-refractivity contribution in [2.45, 2.75) is 24.8 Å². The molecule has 7 heteroatoms. The van der Waals surface area contributed by atoms with Crippen LogP contribution in [0.4, 0.5) is 4.39 Å². The van der Waals surface area contributed by atoms with E-state index in [-0.39, 0.29) is 30.2 Å². The summed E-state index contributed by atoms with van der Waals surface area (Å²) in [6, 6.07) is 6.52. The SMILES string of the molecule is Cl.O=C(c1cnc(C2CC2)nc1)N1C[C@@H]2CNC[C@@H]2[C@H]1c1cccc(F)c1. The summed E-state index contributed by atoms with van der Waals surface area (Å²) in [6.07, 6.45) is 5.57. The quantitative estimate of drug-likeness (QED) is 0.878. The number of carbonyl (C=O) groups is 1. The van der Waals surface area contributed by atoms with E-state index in [1.165, 1.54) is 6.07 Å². The zero-order valence-electron chi connectivity index (χ0n) is 14.8. The van der Waals surface area contributed by atoms with Crippen LogP contribution in [-0.4, -0.2) is 40.4 Å². The minimum Gasteiger partial charge on any atom is -0.331 e. The van der Waals surface area contributed by atoms with Gasteiger partial charge >= 0.3 is 0 Å². The van der Waals surface area contributed by atoms with Crippen LogP contribution < -0.4 is 5.32 Å². The molecule has 142 valence electrons. The normalized spacial score (nSPS) is 26.6. The molecule has 3 atom stereocenters. The summed E-state index contributed by atoms with van der Waals surface area (Å²) in [5, 5.41) is 3.41. The Morgan fingerprint density at radius 3 is 2.67 bits per heavy atom. The number of benzene rings is 1. The fraction of sp³-hybridized carbons (Fsp3) is 0.450. The molecule has 1 aromatic carbocycles. The smallest absolute Gasteiger partial charge is 0.257 e. The van der Waals surface area contributed by atoms with Gasteiger partial charge in [-0.15, -0.1) is 12.4 Å².